The number of hydrogen-bond acceptors (Lipinski definition) is 3. The quantitative estimate of drug-likeness (QED) is 0.607. The van der Waals surface area contributed by atoms with Crippen molar-refractivity contribution in [2.45, 2.75) is 0 Å². The Morgan fingerprint density at radius 2 is 2.13 bits per heavy atom. The maximum atomic E-state index is 7.58. The van der Waals surface area contributed by atoms with Crippen LogP contribution in [0.3, 0.4) is 0 Å². The molecule has 2 aromatic rings. The van der Waals surface area contributed by atoms with E-state index in [-0.39, 0.29) is 5.90 Å². The lowest BCUT2D eigenvalue weighted by atomic mass is 10.1. The van der Waals surface area contributed by atoms with Crippen LogP contribution in [0.25, 0.3) is 10.4 Å². The van der Waals surface area contributed by atoms with Gasteiger partial charge < -0.3 is 4.74 Å². The van der Waals surface area contributed by atoms with Crippen molar-refractivity contribution in [3.63, 3.8) is 0 Å². The van der Waals surface area contributed by atoms with E-state index in [2.05, 4.69) is 6.07 Å². The summed E-state index contributed by atoms with van der Waals surface area (Å²) in [6, 6.07) is 11.9. The van der Waals surface area contributed by atoms with E-state index in [4.69, 9.17) is 10.1 Å². The van der Waals surface area contributed by atoms with E-state index in [1.165, 1.54) is 12.0 Å². The van der Waals surface area contributed by atoms with Crippen molar-refractivity contribution in [3.05, 3.63) is 47.3 Å². The molecule has 1 aromatic heterocycles. The van der Waals surface area contributed by atoms with Gasteiger partial charge in [0.2, 0.25) is 5.90 Å². The molecule has 0 unspecified atom stereocenters. The van der Waals surface area contributed by atoms with E-state index in [9.17, 15) is 0 Å². The highest BCUT2D eigenvalue weighted by atomic mass is 32.1. The third-order valence-corrected chi connectivity index (χ3v) is 3.05. The average molecular weight is 217 g/mol. The molecule has 2 rings (SSSR count). The number of nitrogens with one attached hydrogen (secondary N) is 1. The van der Waals surface area contributed by atoms with Crippen molar-refractivity contribution in [1.82, 2.24) is 0 Å². The standard InChI is InChI=1S/C12H11NOS/c1-14-12(13)10-5-2-4-9(8-10)11-6-3-7-15-11/h2-8,13H,1H3. The van der Waals surface area contributed by atoms with E-state index < -0.39 is 0 Å². The zero-order valence-corrected chi connectivity index (χ0v) is 9.17. The van der Waals surface area contributed by atoms with Gasteiger partial charge in [-0.25, -0.2) is 0 Å². The Kier molecular flexibility index (Phi) is 2.83. The minimum absolute atomic E-state index is 0.202. The molecule has 0 aliphatic carbocycles. The first kappa shape index (κ1) is 9.93. The molecular formula is C12H11NOS. The monoisotopic (exact) mass is 217 g/mol. The molecule has 0 saturated heterocycles. The average Bonchev–Trinajstić information content (AvgIpc) is 2.82. The normalized spacial score (nSPS) is 9.93. The molecule has 0 atom stereocenters. The fourth-order valence-electron chi connectivity index (χ4n) is 1.37. The summed E-state index contributed by atoms with van der Waals surface area (Å²) in [6.45, 7) is 0. The zero-order chi connectivity index (χ0) is 10.7. The summed E-state index contributed by atoms with van der Waals surface area (Å²) in [5.74, 6) is 0.202. The van der Waals surface area contributed by atoms with Crippen LogP contribution in [0.15, 0.2) is 41.8 Å². The lowest BCUT2D eigenvalue weighted by Gasteiger charge is -2.03. The van der Waals surface area contributed by atoms with Crippen molar-refractivity contribution in [2.75, 3.05) is 7.11 Å². The van der Waals surface area contributed by atoms with Gasteiger partial charge in [-0.05, 0) is 29.1 Å². The molecular weight excluding hydrogens is 206 g/mol. The van der Waals surface area contributed by atoms with E-state index in [1.807, 2.05) is 35.7 Å². The van der Waals surface area contributed by atoms with Crippen LogP contribution in [0.2, 0.25) is 0 Å². The molecule has 3 heteroatoms. The summed E-state index contributed by atoms with van der Waals surface area (Å²) in [6.07, 6.45) is 0. The van der Waals surface area contributed by atoms with E-state index >= 15 is 0 Å². The van der Waals surface area contributed by atoms with Gasteiger partial charge in [-0.15, -0.1) is 11.3 Å². The number of benzene rings is 1. The molecule has 0 bridgehead atoms. The van der Waals surface area contributed by atoms with Gasteiger partial charge in [-0.2, -0.15) is 0 Å². The number of ether oxygens (including phenoxy) is 1. The van der Waals surface area contributed by atoms with Crippen molar-refractivity contribution in [1.29, 1.82) is 5.41 Å². The number of thiophene rings is 1. The summed E-state index contributed by atoms with van der Waals surface area (Å²) >= 11 is 1.69. The second-order valence-electron chi connectivity index (χ2n) is 3.09. The smallest absolute Gasteiger partial charge is 0.212 e. The Balaban J connectivity index is 2.39. The van der Waals surface area contributed by atoms with Gasteiger partial charge in [0.05, 0.1) is 7.11 Å². The lowest BCUT2D eigenvalue weighted by molar-refractivity contribution is 0.401. The number of methoxy groups -OCH3 is 1. The Morgan fingerprint density at radius 1 is 1.27 bits per heavy atom. The largest absolute Gasteiger partial charge is 0.481 e. The predicted octanol–water partition coefficient (Wildman–Crippen LogP) is 3.39. The SMILES string of the molecule is COC(=N)c1cccc(-c2cccs2)c1. The molecule has 0 amide bonds. The van der Waals surface area contributed by atoms with Crippen LogP contribution in [0.1, 0.15) is 5.56 Å². The van der Waals surface area contributed by atoms with Crippen molar-refractivity contribution >= 4 is 17.2 Å². The Morgan fingerprint density at radius 3 is 2.80 bits per heavy atom. The van der Waals surface area contributed by atoms with Crippen molar-refractivity contribution < 1.29 is 4.74 Å². The summed E-state index contributed by atoms with van der Waals surface area (Å²) in [5.41, 5.74) is 1.94. The minimum atomic E-state index is 0.202. The summed E-state index contributed by atoms with van der Waals surface area (Å²) in [4.78, 5) is 1.21. The topological polar surface area (TPSA) is 33.1 Å². The van der Waals surface area contributed by atoms with Crippen LogP contribution in [0.5, 0.6) is 0 Å². The molecule has 0 aliphatic heterocycles. The minimum Gasteiger partial charge on any atom is -0.481 e. The fourth-order valence-corrected chi connectivity index (χ4v) is 2.10. The van der Waals surface area contributed by atoms with E-state index in [1.54, 1.807) is 11.3 Å². The second-order valence-corrected chi connectivity index (χ2v) is 4.04. The van der Waals surface area contributed by atoms with Crippen LogP contribution in [0.4, 0.5) is 0 Å². The molecule has 0 saturated carbocycles. The summed E-state index contributed by atoms with van der Waals surface area (Å²) < 4.78 is 4.90. The Labute approximate surface area is 92.7 Å². The maximum absolute atomic E-state index is 7.58. The highest BCUT2D eigenvalue weighted by Gasteiger charge is 2.03. The van der Waals surface area contributed by atoms with Gasteiger partial charge in [0.1, 0.15) is 0 Å². The molecule has 76 valence electrons. The first-order valence-corrected chi connectivity index (χ1v) is 5.46. The maximum Gasteiger partial charge on any atom is 0.212 e. The van der Waals surface area contributed by atoms with E-state index in [0.29, 0.717) is 0 Å². The van der Waals surface area contributed by atoms with Crippen LogP contribution in [-0.2, 0) is 4.74 Å². The molecule has 0 radical (unpaired) electrons. The van der Waals surface area contributed by atoms with Crippen LogP contribution in [-0.4, -0.2) is 13.0 Å². The van der Waals surface area contributed by atoms with E-state index in [0.717, 1.165) is 11.1 Å². The molecule has 0 aliphatic rings. The van der Waals surface area contributed by atoms with Crippen LogP contribution >= 0.6 is 11.3 Å². The van der Waals surface area contributed by atoms with Crippen molar-refractivity contribution in [2.24, 2.45) is 0 Å². The van der Waals surface area contributed by atoms with Crippen LogP contribution in [0, 0.1) is 5.41 Å². The Bertz CT molecular complexity index is 462. The third kappa shape index (κ3) is 2.07. The van der Waals surface area contributed by atoms with Gasteiger partial charge in [-0.3, -0.25) is 5.41 Å². The molecule has 1 heterocycles. The number of rotatable bonds is 2. The molecule has 15 heavy (non-hydrogen) atoms. The van der Waals surface area contributed by atoms with Gasteiger partial charge in [0, 0.05) is 10.4 Å². The van der Waals surface area contributed by atoms with Gasteiger partial charge in [0.25, 0.3) is 0 Å². The first-order chi connectivity index (χ1) is 7.31. The van der Waals surface area contributed by atoms with Gasteiger partial charge >= 0.3 is 0 Å². The van der Waals surface area contributed by atoms with Gasteiger partial charge in [-0.1, -0.05) is 18.2 Å². The second kappa shape index (κ2) is 4.28. The highest BCUT2D eigenvalue weighted by Crippen LogP contribution is 2.25. The predicted molar refractivity (Wildman–Crippen MR) is 63.6 cm³/mol. The first-order valence-electron chi connectivity index (χ1n) is 4.58. The molecule has 2 nitrogen and oxygen atoms in total. The molecule has 0 spiro atoms. The Hall–Kier alpha value is -1.61. The molecule has 1 N–H and O–H groups in total. The van der Waals surface area contributed by atoms with Gasteiger partial charge in [0.15, 0.2) is 0 Å². The molecule has 0 fully saturated rings. The fraction of sp³-hybridized carbons (Fsp3) is 0.0833. The molecule has 1 aromatic carbocycles. The van der Waals surface area contributed by atoms with Crippen LogP contribution < -0.4 is 0 Å². The number of hydrogen-bond donors (Lipinski definition) is 1. The third-order valence-electron chi connectivity index (χ3n) is 2.13. The lowest BCUT2D eigenvalue weighted by Crippen LogP contribution is -2.00. The summed E-state index contributed by atoms with van der Waals surface area (Å²) in [5, 5.41) is 9.63. The summed E-state index contributed by atoms with van der Waals surface area (Å²) in [7, 11) is 1.51. The highest BCUT2D eigenvalue weighted by molar-refractivity contribution is 7.13. The zero-order valence-electron chi connectivity index (χ0n) is 8.36. The van der Waals surface area contributed by atoms with Crippen molar-refractivity contribution in [3.8, 4) is 10.4 Å².